The first-order valence-electron chi connectivity index (χ1n) is 11.3. The Morgan fingerprint density at radius 3 is 2.19 bits per heavy atom. The summed E-state index contributed by atoms with van der Waals surface area (Å²) in [6.45, 7) is 0.130. The van der Waals surface area contributed by atoms with Gasteiger partial charge in [0.25, 0.3) is 10.0 Å². The van der Waals surface area contributed by atoms with Gasteiger partial charge in [-0.05, 0) is 30.3 Å². The summed E-state index contributed by atoms with van der Waals surface area (Å²) in [5.74, 6) is 0.623. The van der Waals surface area contributed by atoms with Crippen LogP contribution in [0.25, 0.3) is 10.9 Å². The quantitative estimate of drug-likeness (QED) is 0.327. The number of ether oxygens (including phenoxy) is 3. The van der Waals surface area contributed by atoms with Crippen LogP contribution in [0.5, 0.6) is 17.2 Å². The number of amidine groups is 1. The molecule has 1 aliphatic rings. The molecule has 2 heterocycles. The summed E-state index contributed by atoms with van der Waals surface area (Å²) in [6, 6.07) is 18.4. The predicted molar refractivity (Wildman–Crippen MR) is 140 cm³/mol. The van der Waals surface area contributed by atoms with Crippen molar-refractivity contribution in [2.24, 2.45) is 9.98 Å². The van der Waals surface area contributed by atoms with E-state index in [1.54, 1.807) is 42.5 Å². The van der Waals surface area contributed by atoms with Gasteiger partial charge in [0.05, 0.1) is 44.0 Å². The number of fused-ring (bicyclic) bond motifs is 1. The first-order chi connectivity index (χ1) is 17.9. The number of carbonyl (C=O) groups excluding carboxylic acids is 1. The predicted octanol–water partition coefficient (Wildman–Crippen LogP) is 3.99. The third-order valence-corrected chi connectivity index (χ3v) is 7.73. The smallest absolute Gasteiger partial charge is 0.268 e. The topological polar surface area (TPSA) is 109 Å². The van der Waals surface area contributed by atoms with Gasteiger partial charge in [-0.2, -0.15) is 0 Å². The molecule has 3 aromatic carbocycles. The first kappa shape index (κ1) is 24.3. The van der Waals surface area contributed by atoms with E-state index in [1.165, 1.54) is 43.6 Å². The van der Waals surface area contributed by atoms with E-state index in [-0.39, 0.29) is 22.8 Å². The minimum atomic E-state index is -3.85. The van der Waals surface area contributed by atoms with Gasteiger partial charge in [-0.15, -0.1) is 0 Å². The van der Waals surface area contributed by atoms with Crippen molar-refractivity contribution in [3.8, 4) is 17.2 Å². The molecule has 0 saturated carbocycles. The normalized spacial score (nSPS) is 13.3. The number of carbonyl (C=O) groups is 1. The summed E-state index contributed by atoms with van der Waals surface area (Å²) in [5.41, 5.74) is 1.86. The molecule has 4 aromatic rings. The standard InChI is InChI=1S/C27H23N3O6S/c1-34-23-13-17(14-24(35-2)26(23)36-3)25(31)27-28-15-21(29-27)20-16-30(22-12-8-7-11-19(20)22)37(32,33)18-9-5-4-6-10-18/h4-14,16H,15H2,1-3H3. The van der Waals surface area contributed by atoms with Gasteiger partial charge in [0, 0.05) is 22.7 Å². The SMILES string of the molecule is COc1cc(C(=O)C2=NCC(c3cn(S(=O)(=O)c4ccccc4)c4ccccc34)=N2)cc(OC)c1OC. The van der Waals surface area contributed by atoms with Crippen LogP contribution in [0.1, 0.15) is 15.9 Å². The third-order valence-electron chi connectivity index (χ3n) is 6.04. The number of methoxy groups -OCH3 is 3. The van der Waals surface area contributed by atoms with Crippen molar-refractivity contribution in [1.82, 2.24) is 3.97 Å². The maximum Gasteiger partial charge on any atom is 0.268 e. The van der Waals surface area contributed by atoms with E-state index in [9.17, 15) is 13.2 Å². The fraction of sp³-hybridized carbons (Fsp3) is 0.148. The maximum absolute atomic E-state index is 13.4. The lowest BCUT2D eigenvalue weighted by Crippen LogP contribution is -2.12. The lowest BCUT2D eigenvalue weighted by atomic mass is 10.1. The Morgan fingerprint density at radius 1 is 0.892 bits per heavy atom. The minimum Gasteiger partial charge on any atom is -0.493 e. The van der Waals surface area contributed by atoms with Crippen molar-refractivity contribution in [3.05, 3.63) is 84.1 Å². The molecule has 0 amide bonds. The van der Waals surface area contributed by atoms with Crippen molar-refractivity contribution in [2.45, 2.75) is 4.90 Å². The average Bonchev–Trinajstić information content (AvgIpc) is 3.58. The molecule has 5 rings (SSSR count). The monoisotopic (exact) mass is 517 g/mol. The highest BCUT2D eigenvalue weighted by molar-refractivity contribution is 7.90. The Balaban J connectivity index is 1.55. The fourth-order valence-electron chi connectivity index (χ4n) is 4.24. The molecule has 188 valence electrons. The van der Waals surface area contributed by atoms with E-state index in [0.29, 0.717) is 39.4 Å². The van der Waals surface area contributed by atoms with Crippen LogP contribution in [0.3, 0.4) is 0 Å². The van der Waals surface area contributed by atoms with Crippen LogP contribution in [0.15, 0.2) is 87.8 Å². The van der Waals surface area contributed by atoms with E-state index in [2.05, 4.69) is 9.98 Å². The number of para-hydroxylation sites is 1. The molecule has 1 aromatic heterocycles. The molecule has 9 nitrogen and oxygen atoms in total. The molecule has 0 bridgehead atoms. The number of nitrogens with zero attached hydrogens (tertiary/aromatic N) is 3. The van der Waals surface area contributed by atoms with E-state index < -0.39 is 15.8 Å². The van der Waals surface area contributed by atoms with Gasteiger partial charge in [0.2, 0.25) is 11.5 Å². The second-order valence-electron chi connectivity index (χ2n) is 8.12. The van der Waals surface area contributed by atoms with Gasteiger partial charge < -0.3 is 14.2 Å². The van der Waals surface area contributed by atoms with Gasteiger partial charge >= 0.3 is 0 Å². The molecule has 0 aliphatic carbocycles. The molecule has 0 unspecified atom stereocenters. The zero-order chi connectivity index (χ0) is 26.2. The van der Waals surface area contributed by atoms with Gasteiger partial charge in [0.15, 0.2) is 17.3 Å². The highest BCUT2D eigenvalue weighted by atomic mass is 32.2. The van der Waals surface area contributed by atoms with Crippen LogP contribution in [-0.2, 0) is 10.0 Å². The van der Waals surface area contributed by atoms with Crippen LogP contribution in [0.4, 0.5) is 0 Å². The van der Waals surface area contributed by atoms with Crippen LogP contribution in [0, 0.1) is 0 Å². The van der Waals surface area contributed by atoms with Gasteiger partial charge in [-0.1, -0.05) is 36.4 Å². The van der Waals surface area contributed by atoms with E-state index in [4.69, 9.17) is 14.2 Å². The fourth-order valence-corrected chi connectivity index (χ4v) is 5.63. The molecular formula is C27H23N3O6S. The number of aliphatic imine (C=N–C) groups is 2. The Labute approximate surface area is 213 Å². The Kier molecular flexibility index (Phi) is 6.26. The molecule has 0 atom stereocenters. The Bertz CT molecular complexity index is 1660. The first-order valence-corrected chi connectivity index (χ1v) is 12.7. The lowest BCUT2D eigenvalue weighted by molar-refractivity contribution is 0.106. The molecular weight excluding hydrogens is 494 g/mol. The number of benzene rings is 3. The molecule has 0 radical (unpaired) electrons. The van der Waals surface area contributed by atoms with Crippen molar-refractivity contribution in [2.75, 3.05) is 27.9 Å². The highest BCUT2D eigenvalue weighted by Gasteiger charge is 2.27. The number of hydrogen-bond donors (Lipinski definition) is 0. The largest absolute Gasteiger partial charge is 0.493 e. The summed E-state index contributed by atoms with van der Waals surface area (Å²) in [5, 5.41) is 0.692. The molecule has 0 saturated heterocycles. The number of aromatic nitrogens is 1. The number of rotatable bonds is 8. The van der Waals surface area contributed by atoms with E-state index in [0.717, 1.165) is 0 Å². The summed E-state index contributed by atoms with van der Waals surface area (Å²) < 4.78 is 44.1. The zero-order valence-electron chi connectivity index (χ0n) is 20.3. The Morgan fingerprint density at radius 2 is 1.54 bits per heavy atom. The summed E-state index contributed by atoms with van der Waals surface area (Å²) in [4.78, 5) is 22.3. The lowest BCUT2D eigenvalue weighted by Gasteiger charge is -2.13. The minimum absolute atomic E-state index is 0.00650. The maximum atomic E-state index is 13.4. The van der Waals surface area contributed by atoms with Crippen LogP contribution >= 0.6 is 0 Å². The number of Topliss-reactive ketones (excluding diaryl/α,β-unsaturated/α-hetero) is 1. The number of hydrogen-bond acceptors (Lipinski definition) is 8. The average molecular weight is 518 g/mol. The summed E-state index contributed by atoms with van der Waals surface area (Å²) in [6.07, 6.45) is 1.54. The van der Waals surface area contributed by atoms with Gasteiger partial charge in [-0.3, -0.25) is 9.79 Å². The van der Waals surface area contributed by atoms with Gasteiger partial charge in [0.1, 0.15) is 0 Å². The summed E-state index contributed by atoms with van der Waals surface area (Å²) in [7, 11) is 0.561. The second kappa shape index (κ2) is 9.55. The third kappa shape index (κ3) is 4.15. The molecule has 0 N–H and O–H groups in total. The molecule has 0 spiro atoms. The van der Waals surface area contributed by atoms with Crippen molar-refractivity contribution >= 4 is 38.3 Å². The molecule has 37 heavy (non-hydrogen) atoms. The number of ketones is 1. The van der Waals surface area contributed by atoms with Crippen LogP contribution in [0.2, 0.25) is 0 Å². The second-order valence-corrected chi connectivity index (χ2v) is 9.93. The van der Waals surface area contributed by atoms with Crippen molar-refractivity contribution in [3.63, 3.8) is 0 Å². The highest BCUT2D eigenvalue weighted by Crippen LogP contribution is 2.38. The molecule has 0 fully saturated rings. The van der Waals surface area contributed by atoms with Crippen LogP contribution < -0.4 is 14.2 Å². The molecule has 1 aliphatic heterocycles. The van der Waals surface area contributed by atoms with E-state index >= 15 is 0 Å². The molecule has 10 heteroatoms. The zero-order valence-corrected chi connectivity index (χ0v) is 21.2. The van der Waals surface area contributed by atoms with Crippen LogP contribution in [-0.4, -0.2) is 57.6 Å². The van der Waals surface area contributed by atoms with E-state index in [1.807, 2.05) is 12.1 Å². The Hall–Kier alpha value is -4.44. The van der Waals surface area contributed by atoms with Gasteiger partial charge in [-0.25, -0.2) is 17.4 Å². The summed E-state index contributed by atoms with van der Waals surface area (Å²) >= 11 is 0. The van der Waals surface area contributed by atoms with Crippen molar-refractivity contribution < 1.29 is 27.4 Å². The van der Waals surface area contributed by atoms with Crippen molar-refractivity contribution in [1.29, 1.82) is 0 Å².